The molecular formula is C15H30N2O4S. The quantitative estimate of drug-likeness (QED) is 0.802. The standard InChI is InChI=1S/C15H30N2O4S/c1-11(2)22(19,20)17(13-9-7-12(3)8-10-13)14(18)16-21-15(4,5)6/h11-13H,7-10H2,1-6H3,(H,16,18). The van der Waals surface area contributed by atoms with Crippen LogP contribution in [0.25, 0.3) is 0 Å². The van der Waals surface area contributed by atoms with Gasteiger partial charge in [-0.05, 0) is 66.2 Å². The van der Waals surface area contributed by atoms with E-state index in [1.807, 2.05) is 0 Å². The molecule has 0 saturated heterocycles. The summed E-state index contributed by atoms with van der Waals surface area (Å²) >= 11 is 0. The van der Waals surface area contributed by atoms with E-state index in [0.717, 1.165) is 17.1 Å². The molecule has 6 nitrogen and oxygen atoms in total. The number of nitrogens with one attached hydrogen (secondary N) is 1. The lowest BCUT2D eigenvalue weighted by Crippen LogP contribution is -2.53. The Morgan fingerprint density at radius 1 is 1.18 bits per heavy atom. The highest BCUT2D eigenvalue weighted by Crippen LogP contribution is 2.29. The van der Waals surface area contributed by atoms with E-state index >= 15 is 0 Å². The molecule has 2 amide bonds. The van der Waals surface area contributed by atoms with Crippen molar-refractivity contribution >= 4 is 16.1 Å². The van der Waals surface area contributed by atoms with Crippen LogP contribution in [-0.4, -0.2) is 35.6 Å². The van der Waals surface area contributed by atoms with Gasteiger partial charge in [0.15, 0.2) is 0 Å². The highest BCUT2D eigenvalue weighted by Gasteiger charge is 2.38. The Morgan fingerprint density at radius 2 is 1.68 bits per heavy atom. The van der Waals surface area contributed by atoms with Crippen molar-refractivity contribution in [2.75, 3.05) is 0 Å². The monoisotopic (exact) mass is 334 g/mol. The first-order chi connectivity index (χ1) is 9.95. The van der Waals surface area contributed by atoms with E-state index in [4.69, 9.17) is 4.84 Å². The normalized spacial score (nSPS) is 23.4. The summed E-state index contributed by atoms with van der Waals surface area (Å²) in [6, 6.07) is -0.977. The third-order valence-corrected chi connectivity index (χ3v) is 6.04. The van der Waals surface area contributed by atoms with Crippen molar-refractivity contribution in [2.24, 2.45) is 5.92 Å². The van der Waals surface area contributed by atoms with Crippen molar-refractivity contribution in [3.63, 3.8) is 0 Å². The van der Waals surface area contributed by atoms with Gasteiger partial charge in [-0.15, -0.1) is 0 Å². The van der Waals surface area contributed by atoms with Crippen LogP contribution in [0, 0.1) is 5.92 Å². The number of amides is 2. The molecule has 1 rings (SSSR count). The van der Waals surface area contributed by atoms with E-state index in [2.05, 4.69) is 12.4 Å². The van der Waals surface area contributed by atoms with Crippen molar-refractivity contribution in [1.82, 2.24) is 9.79 Å². The zero-order valence-electron chi connectivity index (χ0n) is 14.5. The van der Waals surface area contributed by atoms with Gasteiger partial charge >= 0.3 is 6.03 Å². The van der Waals surface area contributed by atoms with Crippen LogP contribution in [0.4, 0.5) is 4.79 Å². The second-order valence-corrected chi connectivity index (χ2v) is 9.79. The minimum absolute atomic E-state index is 0.285. The topological polar surface area (TPSA) is 75.7 Å². The minimum atomic E-state index is -3.68. The van der Waals surface area contributed by atoms with Crippen molar-refractivity contribution in [1.29, 1.82) is 0 Å². The first kappa shape index (κ1) is 19.2. The third kappa shape index (κ3) is 5.12. The second-order valence-electron chi connectivity index (χ2n) is 7.42. The molecule has 0 aromatic carbocycles. The average Bonchev–Trinajstić information content (AvgIpc) is 2.38. The molecule has 0 radical (unpaired) electrons. The summed E-state index contributed by atoms with van der Waals surface area (Å²) < 4.78 is 26.2. The number of sulfonamides is 1. The van der Waals surface area contributed by atoms with Gasteiger partial charge in [0, 0.05) is 6.04 Å². The molecule has 1 N–H and O–H groups in total. The maximum atomic E-state index is 12.6. The molecule has 7 heteroatoms. The summed E-state index contributed by atoms with van der Waals surface area (Å²) in [5.41, 5.74) is 1.72. The Morgan fingerprint density at radius 3 is 2.09 bits per heavy atom. The van der Waals surface area contributed by atoms with Crippen molar-refractivity contribution in [3.8, 4) is 0 Å². The number of carbonyl (C=O) groups excluding carboxylic acids is 1. The van der Waals surface area contributed by atoms with Crippen LogP contribution in [0.2, 0.25) is 0 Å². The van der Waals surface area contributed by atoms with Gasteiger partial charge in [-0.3, -0.25) is 4.84 Å². The number of rotatable bonds is 4. The summed E-state index contributed by atoms with van der Waals surface area (Å²) in [6.45, 7) is 10.7. The van der Waals surface area contributed by atoms with Crippen molar-refractivity contribution < 1.29 is 18.0 Å². The van der Waals surface area contributed by atoms with Crippen LogP contribution < -0.4 is 5.48 Å². The van der Waals surface area contributed by atoms with Gasteiger partial charge in [-0.25, -0.2) is 23.0 Å². The number of hydrogen-bond acceptors (Lipinski definition) is 4. The van der Waals surface area contributed by atoms with Gasteiger partial charge in [0.05, 0.1) is 10.9 Å². The Hall–Kier alpha value is -0.820. The minimum Gasteiger partial charge on any atom is -0.266 e. The molecule has 0 atom stereocenters. The number of carbonyl (C=O) groups is 1. The molecular weight excluding hydrogens is 304 g/mol. The Balaban J connectivity index is 2.94. The van der Waals surface area contributed by atoms with Crippen LogP contribution in [0.5, 0.6) is 0 Å². The fourth-order valence-electron chi connectivity index (χ4n) is 2.44. The molecule has 0 aliphatic heterocycles. The molecule has 0 spiro atoms. The maximum Gasteiger partial charge on any atom is 0.355 e. The predicted molar refractivity (Wildman–Crippen MR) is 86.7 cm³/mol. The van der Waals surface area contributed by atoms with Gasteiger partial charge < -0.3 is 0 Å². The Labute approximate surface area is 134 Å². The van der Waals surface area contributed by atoms with Gasteiger partial charge in [0.2, 0.25) is 10.0 Å². The molecule has 130 valence electrons. The zero-order valence-corrected chi connectivity index (χ0v) is 15.4. The summed E-state index contributed by atoms with van der Waals surface area (Å²) in [7, 11) is -3.68. The largest absolute Gasteiger partial charge is 0.355 e. The van der Waals surface area contributed by atoms with Crippen LogP contribution >= 0.6 is 0 Å². The Kier molecular flexibility index (Phi) is 6.27. The molecule has 0 heterocycles. The third-order valence-electron chi connectivity index (χ3n) is 3.83. The first-order valence-corrected chi connectivity index (χ1v) is 9.46. The van der Waals surface area contributed by atoms with Crippen molar-refractivity contribution in [2.45, 2.75) is 84.1 Å². The van der Waals surface area contributed by atoms with Gasteiger partial charge in [-0.1, -0.05) is 6.92 Å². The van der Waals surface area contributed by atoms with Crippen molar-refractivity contribution in [3.05, 3.63) is 0 Å². The number of hydroxylamine groups is 1. The lowest BCUT2D eigenvalue weighted by Gasteiger charge is -2.36. The SMILES string of the molecule is CC1CCC(N(C(=O)NOC(C)(C)C)S(=O)(=O)C(C)C)CC1. The fourth-order valence-corrected chi connectivity index (χ4v) is 3.78. The molecule has 0 aromatic heterocycles. The highest BCUT2D eigenvalue weighted by molar-refractivity contribution is 7.90. The zero-order chi connectivity index (χ0) is 17.1. The molecule has 1 aliphatic carbocycles. The number of urea groups is 1. The van der Waals surface area contributed by atoms with E-state index in [0.29, 0.717) is 18.8 Å². The van der Waals surface area contributed by atoms with E-state index in [9.17, 15) is 13.2 Å². The van der Waals surface area contributed by atoms with E-state index in [1.54, 1.807) is 34.6 Å². The highest BCUT2D eigenvalue weighted by atomic mass is 32.2. The number of hydrogen-bond donors (Lipinski definition) is 1. The van der Waals surface area contributed by atoms with Crippen LogP contribution in [-0.2, 0) is 14.9 Å². The maximum absolute atomic E-state index is 12.6. The molecule has 1 fully saturated rings. The van der Waals surface area contributed by atoms with Crippen LogP contribution in [0.1, 0.15) is 67.2 Å². The molecule has 1 aliphatic rings. The van der Waals surface area contributed by atoms with Crippen LogP contribution in [0.15, 0.2) is 0 Å². The average molecular weight is 334 g/mol. The second kappa shape index (κ2) is 7.17. The summed E-state index contributed by atoms with van der Waals surface area (Å²) in [6.07, 6.45) is 3.27. The molecule has 0 unspecified atom stereocenters. The molecule has 1 saturated carbocycles. The van der Waals surface area contributed by atoms with Gasteiger partial charge in [0.1, 0.15) is 0 Å². The summed E-state index contributed by atoms with van der Waals surface area (Å²) in [5, 5.41) is -0.646. The fraction of sp³-hybridized carbons (Fsp3) is 0.933. The predicted octanol–water partition coefficient (Wildman–Crippen LogP) is 3.05. The lowest BCUT2D eigenvalue weighted by molar-refractivity contribution is -0.0570. The van der Waals surface area contributed by atoms with E-state index in [-0.39, 0.29) is 6.04 Å². The van der Waals surface area contributed by atoms with E-state index in [1.165, 1.54) is 0 Å². The summed E-state index contributed by atoms with van der Waals surface area (Å²) in [4.78, 5) is 17.7. The van der Waals surface area contributed by atoms with Crippen LogP contribution in [0.3, 0.4) is 0 Å². The smallest absolute Gasteiger partial charge is 0.266 e. The first-order valence-electron chi connectivity index (χ1n) is 7.96. The van der Waals surface area contributed by atoms with Gasteiger partial charge in [0.25, 0.3) is 0 Å². The summed E-state index contributed by atoms with van der Waals surface area (Å²) in [5.74, 6) is 0.578. The van der Waals surface area contributed by atoms with E-state index < -0.39 is 26.9 Å². The number of nitrogens with zero attached hydrogens (tertiary/aromatic N) is 1. The Bertz CT molecular complexity index is 474. The molecule has 0 aromatic rings. The van der Waals surface area contributed by atoms with Gasteiger partial charge in [-0.2, -0.15) is 0 Å². The molecule has 0 bridgehead atoms. The lowest BCUT2D eigenvalue weighted by atomic mass is 9.87. The molecule has 22 heavy (non-hydrogen) atoms.